The highest BCUT2D eigenvalue weighted by atomic mass is 16.5. The first-order valence-electron chi connectivity index (χ1n) is 6.13. The van der Waals surface area contributed by atoms with Crippen molar-refractivity contribution < 1.29 is 14.6 Å². The molecule has 5 heteroatoms. The first kappa shape index (κ1) is 13.7. The first-order valence-corrected chi connectivity index (χ1v) is 6.13. The van der Waals surface area contributed by atoms with Crippen LogP contribution in [0, 0.1) is 6.92 Å². The molecule has 0 atom stereocenters. The van der Waals surface area contributed by atoms with Crippen molar-refractivity contribution in [2.75, 3.05) is 17.7 Å². The third-order valence-corrected chi connectivity index (χ3v) is 2.82. The summed E-state index contributed by atoms with van der Waals surface area (Å²) in [4.78, 5) is 11.8. The molecule has 0 aliphatic heterocycles. The highest BCUT2D eigenvalue weighted by molar-refractivity contribution is 5.92. The Hall–Kier alpha value is -2.69. The topological polar surface area (TPSA) is 84.6 Å². The minimum Gasteiger partial charge on any atom is -0.506 e. The third-order valence-electron chi connectivity index (χ3n) is 2.82. The second kappa shape index (κ2) is 5.97. The van der Waals surface area contributed by atoms with Gasteiger partial charge >= 0.3 is 0 Å². The number of benzene rings is 2. The molecule has 0 heterocycles. The molecule has 5 nitrogen and oxygen atoms in total. The number of anilines is 2. The van der Waals surface area contributed by atoms with Crippen LogP contribution in [0.5, 0.6) is 11.5 Å². The molecule has 2 aromatic carbocycles. The minimum atomic E-state index is -0.290. The lowest BCUT2D eigenvalue weighted by Crippen LogP contribution is -2.20. The maximum Gasteiger partial charge on any atom is 0.262 e. The number of amides is 1. The fraction of sp³-hybridized carbons (Fsp3) is 0.133. The zero-order chi connectivity index (χ0) is 14.5. The van der Waals surface area contributed by atoms with Crippen molar-refractivity contribution in [2.45, 2.75) is 6.92 Å². The van der Waals surface area contributed by atoms with Gasteiger partial charge in [-0.1, -0.05) is 24.3 Å². The molecular weight excluding hydrogens is 256 g/mol. The van der Waals surface area contributed by atoms with E-state index in [1.807, 2.05) is 31.2 Å². The number of ether oxygens (including phenoxy) is 1. The van der Waals surface area contributed by atoms with Gasteiger partial charge in [-0.25, -0.2) is 0 Å². The zero-order valence-corrected chi connectivity index (χ0v) is 11.1. The molecule has 0 aliphatic rings. The van der Waals surface area contributed by atoms with E-state index in [-0.39, 0.29) is 29.7 Å². The SMILES string of the molecule is Cc1ccccc1NC(=O)COc1cccc(O)c1N. The van der Waals surface area contributed by atoms with Crippen LogP contribution in [-0.2, 0) is 4.79 Å². The predicted octanol–water partition coefficient (Wildman–Crippen LogP) is 2.30. The van der Waals surface area contributed by atoms with Crippen LogP contribution >= 0.6 is 0 Å². The van der Waals surface area contributed by atoms with Crippen molar-refractivity contribution in [2.24, 2.45) is 0 Å². The standard InChI is InChI=1S/C15H16N2O3/c1-10-5-2-3-6-11(10)17-14(19)9-20-13-8-4-7-12(18)15(13)16/h2-8,18H,9,16H2,1H3,(H,17,19). The van der Waals surface area contributed by atoms with Crippen LogP contribution in [0.3, 0.4) is 0 Å². The molecule has 20 heavy (non-hydrogen) atoms. The highest BCUT2D eigenvalue weighted by Gasteiger charge is 2.08. The molecule has 0 bridgehead atoms. The van der Waals surface area contributed by atoms with Crippen molar-refractivity contribution in [1.82, 2.24) is 0 Å². The predicted molar refractivity (Wildman–Crippen MR) is 77.8 cm³/mol. The number of para-hydroxylation sites is 2. The summed E-state index contributed by atoms with van der Waals surface area (Å²) in [6, 6.07) is 12.1. The number of carbonyl (C=O) groups excluding carboxylic acids is 1. The van der Waals surface area contributed by atoms with E-state index in [1.165, 1.54) is 6.07 Å². The van der Waals surface area contributed by atoms with Crippen LogP contribution in [0.25, 0.3) is 0 Å². The molecule has 0 saturated carbocycles. The van der Waals surface area contributed by atoms with E-state index >= 15 is 0 Å². The molecule has 1 amide bonds. The van der Waals surface area contributed by atoms with Crippen LogP contribution in [0.1, 0.15) is 5.56 Å². The fourth-order valence-corrected chi connectivity index (χ4v) is 1.70. The lowest BCUT2D eigenvalue weighted by atomic mass is 10.2. The van der Waals surface area contributed by atoms with E-state index < -0.39 is 0 Å². The van der Waals surface area contributed by atoms with Crippen LogP contribution in [0.4, 0.5) is 11.4 Å². The molecule has 2 rings (SSSR count). The summed E-state index contributed by atoms with van der Waals surface area (Å²) in [6.45, 7) is 1.73. The Balaban J connectivity index is 1.96. The smallest absolute Gasteiger partial charge is 0.262 e. The van der Waals surface area contributed by atoms with Gasteiger partial charge in [-0.3, -0.25) is 4.79 Å². The van der Waals surface area contributed by atoms with Gasteiger partial charge < -0.3 is 20.9 Å². The zero-order valence-electron chi connectivity index (χ0n) is 11.1. The number of hydrogen-bond donors (Lipinski definition) is 3. The maximum atomic E-state index is 11.8. The number of carbonyl (C=O) groups is 1. The molecule has 0 spiro atoms. The van der Waals surface area contributed by atoms with E-state index in [1.54, 1.807) is 12.1 Å². The Bertz CT molecular complexity index is 626. The van der Waals surface area contributed by atoms with Crippen molar-refractivity contribution in [3.8, 4) is 11.5 Å². The van der Waals surface area contributed by atoms with Gasteiger partial charge in [0.25, 0.3) is 5.91 Å². The Morgan fingerprint density at radius 3 is 2.75 bits per heavy atom. The molecule has 104 valence electrons. The molecule has 0 fully saturated rings. The van der Waals surface area contributed by atoms with E-state index in [4.69, 9.17) is 10.5 Å². The minimum absolute atomic E-state index is 0.0678. The average molecular weight is 272 g/mol. The number of phenolic OH excluding ortho intramolecular Hbond substituents is 1. The number of nitrogen functional groups attached to an aromatic ring is 1. The van der Waals surface area contributed by atoms with Crippen molar-refractivity contribution in [1.29, 1.82) is 0 Å². The second-order valence-corrected chi connectivity index (χ2v) is 4.34. The van der Waals surface area contributed by atoms with Gasteiger partial charge in [0.1, 0.15) is 17.2 Å². The number of nitrogens with two attached hydrogens (primary N) is 1. The summed E-state index contributed by atoms with van der Waals surface area (Å²) in [5.41, 5.74) is 7.47. The molecule has 0 unspecified atom stereocenters. The van der Waals surface area contributed by atoms with Crippen LogP contribution in [-0.4, -0.2) is 17.6 Å². The van der Waals surface area contributed by atoms with Crippen LogP contribution in [0.15, 0.2) is 42.5 Å². The van der Waals surface area contributed by atoms with Crippen molar-refractivity contribution in [3.05, 3.63) is 48.0 Å². The van der Waals surface area contributed by atoms with Gasteiger partial charge in [-0.15, -0.1) is 0 Å². The largest absolute Gasteiger partial charge is 0.506 e. The second-order valence-electron chi connectivity index (χ2n) is 4.34. The molecular formula is C15H16N2O3. The maximum absolute atomic E-state index is 11.8. The first-order chi connectivity index (χ1) is 9.58. The summed E-state index contributed by atoms with van der Waals surface area (Å²) in [6.07, 6.45) is 0. The lowest BCUT2D eigenvalue weighted by molar-refractivity contribution is -0.118. The van der Waals surface area contributed by atoms with Gasteiger partial charge in [0.05, 0.1) is 0 Å². The fourth-order valence-electron chi connectivity index (χ4n) is 1.70. The Labute approximate surface area is 117 Å². The van der Waals surface area contributed by atoms with E-state index in [9.17, 15) is 9.90 Å². The van der Waals surface area contributed by atoms with Gasteiger partial charge in [-0.05, 0) is 30.7 Å². The molecule has 4 N–H and O–H groups in total. The number of hydrogen-bond acceptors (Lipinski definition) is 4. The molecule has 0 aliphatic carbocycles. The van der Waals surface area contributed by atoms with Gasteiger partial charge in [0.15, 0.2) is 6.61 Å². The monoisotopic (exact) mass is 272 g/mol. The van der Waals surface area contributed by atoms with Crippen molar-refractivity contribution in [3.63, 3.8) is 0 Å². The summed E-state index contributed by atoms with van der Waals surface area (Å²) in [5, 5.41) is 12.2. The molecule has 0 radical (unpaired) electrons. The number of rotatable bonds is 4. The summed E-state index contributed by atoms with van der Waals surface area (Å²) in [7, 11) is 0. The van der Waals surface area contributed by atoms with Gasteiger partial charge in [0, 0.05) is 5.69 Å². The normalized spacial score (nSPS) is 10.1. The molecule has 2 aromatic rings. The van der Waals surface area contributed by atoms with Crippen molar-refractivity contribution >= 4 is 17.3 Å². The Kier molecular flexibility index (Phi) is 4.10. The lowest BCUT2D eigenvalue weighted by Gasteiger charge is -2.11. The quantitative estimate of drug-likeness (QED) is 0.589. The summed E-state index contributed by atoms with van der Waals surface area (Å²) < 4.78 is 5.29. The van der Waals surface area contributed by atoms with Crippen LogP contribution < -0.4 is 15.8 Å². The molecule has 0 aromatic heterocycles. The average Bonchev–Trinajstić information content (AvgIpc) is 2.43. The van der Waals surface area contributed by atoms with E-state index in [2.05, 4.69) is 5.32 Å². The third kappa shape index (κ3) is 3.20. The number of aryl methyl sites for hydroxylation is 1. The van der Waals surface area contributed by atoms with Gasteiger partial charge in [-0.2, -0.15) is 0 Å². The number of aromatic hydroxyl groups is 1. The summed E-state index contributed by atoms with van der Waals surface area (Å²) in [5.74, 6) is -0.0752. The highest BCUT2D eigenvalue weighted by Crippen LogP contribution is 2.29. The van der Waals surface area contributed by atoms with Crippen LogP contribution in [0.2, 0.25) is 0 Å². The van der Waals surface area contributed by atoms with E-state index in [0.717, 1.165) is 11.3 Å². The summed E-state index contributed by atoms with van der Waals surface area (Å²) >= 11 is 0. The Morgan fingerprint density at radius 2 is 2.00 bits per heavy atom. The molecule has 0 saturated heterocycles. The van der Waals surface area contributed by atoms with Gasteiger partial charge in [0.2, 0.25) is 0 Å². The van der Waals surface area contributed by atoms with E-state index in [0.29, 0.717) is 0 Å². The Morgan fingerprint density at radius 1 is 1.25 bits per heavy atom. The number of phenols is 1. The number of nitrogens with one attached hydrogen (secondary N) is 1.